The summed E-state index contributed by atoms with van der Waals surface area (Å²) < 4.78 is 12.0. The van der Waals surface area contributed by atoms with Gasteiger partial charge in [-0.15, -0.1) is 11.3 Å². The van der Waals surface area contributed by atoms with Gasteiger partial charge in [0.2, 0.25) is 17.0 Å². The van der Waals surface area contributed by atoms with Gasteiger partial charge in [0.1, 0.15) is 17.4 Å². The molecule has 0 aliphatic heterocycles. The number of carbonyl (C=O) groups excluding carboxylic acids is 2. The number of rotatable bonds is 8. The second-order valence-corrected chi connectivity index (χ2v) is 8.42. The van der Waals surface area contributed by atoms with Gasteiger partial charge in [-0.25, -0.2) is 14.5 Å². The highest BCUT2D eigenvalue weighted by atomic mass is 32.1. The summed E-state index contributed by atoms with van der Waals surface area (Å²) in [4.78, 5) is 41.7. The van der Waals surface area contributed by atoms with Crippen molar-refractivity contribution in [3.63, 3.8) is 0 Å². The van der Waals surface area contributed by atoms with Crippen LogP contribution in [0.5, 0.6) is 5.75 Å². The Morgan fingerprint density at radius 2 is 1.83 bits per heavy atom. The molecule has 0 saturated carbocycles. The molecule has 0 aliphatic carbocycles. The van der Waals surface area contributed by atoms with Gasteiger partial charge < -0.3 is 14.8 Å². The number of aromatic nitrogens is 3. The second-order valence-electron chi connectivity index (χ2n) is 7.48. The van der Waals surface area contributed by atoms with Crippen LogP contribution in [0.4, 0.5) is 5.69 Å². The lowest BCUT2D eigenvalue weighted by atomic mass is 10.3. The number of para-hydroxylation sites is 3. The van der Waals surface area contributed by atoms with Crippen LogP contribution in [0.25, 0.3) is 5.69 Å². The average molecular weight is 491 g/mol. The lowest BCUT2D eigenvalue weighted by molar-refractivity contribution is -0.115. The summed E-state index contributed by atoms with van der Waals surface area (Å²) in [5.41, 5.74) is 1.51. The minimum absolute atomic E-state index is 0.0535. The molecule has 10 heteroatoms. The van der Waals surface area contributed by atoms with Crippen LogP contribution >= 0.6 is 11.3 Å². The topological polar surface area (TPSA) is 112 Å². The summed E-state index contributed by atoms with van der Waals surface area (Å²) in [5.74, 6) is -0.538. The first-order valence-electron chi connectivity index (χ1n) is 10.6. The Labute approximate surface area is 205 Å². The van der Waals surface area contributed by atoms with Crippen molar-refractivity contribution in [2.45, 2.75) is 20.0 Å². The zero-order valence-corrected chi connectivity index (χ0v) is 19.9. The number of hydrogen-bond acceptors (Lipinski definition) is 8. The Morgan fingerprint density at radius 1 is 1.09 bits per heavy atom. The van der Waals surface area contributed by atoms with E-state index in [1.54, 1.807) is 30.5 Å². The van der Waals surface area contributed by atoms with Crippen LogP contribution in [0.15, 0.2) is 70.8 Å². The van der Waals surface area contributed by atoms with E-state index in [0.29, 0.717) is 27.8 Å². The molecule has 0 saturated heterocycles. The highest BCUT2D eigenvalue weighted by molar-refractivity contribution is 7.09. The van der Waals surface area contributed by atoms with Crippen molar-refractivity contribution in [2.75, 3.05) is 12.4 Å². The van der Waals surface area contributed by atoms with E-state index in [-0.39, 0.29) is 24.6 Å². The fourth-order valence-corrected chi connectivity index (χ4v) is 4.08. The maximum Gasteiger partial charge on any atom is 0.363 e. The van der Waals surface area contributed by atoms with Gasteiger partial charge in [-0.1, -0.05) is 30.3 Å². The summed E-state index contributed by atoms with van der Waals surface area (Å²) in [6.45, 7) is 1.58. The van der Waals surface area contributed by atoms with Gasteiger partial charge >= 0.3 is 5.97 Å². The molecular weight excluding hydrogens is 468 g/mol. The monoisotopic (exact) mass is 490 g/mol. The molecule has 9 nitrogen and oxygen atoms in total. The van der Waals surface area contributed by atoms with Crippen LogP contribution < -0.4 is 15.5 Å². The number of hydrogen-bond donors (Lipinski definition) is 1. The second kappa shape index (κ2) is 10.7. The first-order chi connectivity index (χ1) is 16.9. The molecule has 0 atom stereocenters. The molecule has 1 N–H and O–H groups in total. The number of amides is 1. The molecule has 0 radical (unpaired) electrons. The minimum Gasteiger partial charge on any atom is -0.495 e. The van der Waals surface area contributed by atoms with E-state index in [4.69, 9.17) is 9.47 Å². The SMILES string of the molecule is COc1ccccc1NC(=O)Cc1nc(COC(=O)c2nn(-c3ccccc3)c(C)cc2=O)cs1. The molecule has 35 heavy (non-hydrogen) atoms. The predicted octanol–water partition coefficient (Wildman–Crippen LogP) is 3.54. The van der Waals surface area contributed by atoms with E-state index < -0.39 is 11.4 Å². The van der Waals surface area contributed by atoms with E-state index in [0.717, 1.165) is 5.69 Å². The zero-order valence-electron chi connectivity index (χ0n) is 19.1. The fourth-order valence-electron chi connectivity index (χ4n) is 3.30. The third kappa shape index (κ3) is 5.79. The number of benzene rings is 2. The molecule has 0 bridgehead atoms. The first-order valence-corrected chi connectivity index (χ1v) is 11.5. The average Bonchev–Trinajstić information content (AvgIpc) is 3.30. The van der Waals surface area contributed by atoms with Gasteiger partial charge in [0.05, 0.1) is 30.6 Å². The number of thiazole rings is 1. The number of nitrogens with one attached hydrogen (secondary N) is 1. The van der Waals surface area contributed by atoms with Gasteiger partial charge in [0, 0.05) is 17.1 Å². The maximum absolute atomic E-state index is 12.6. The number of ether oxygens (including phenoxy) is 2. The van der Waals surface area contributed by atoms with E-state index in [1.807, 2.05) is 36.4 Å². The molecule has 178 valence electrons. The smallest absolute Gasteiger partial charge is 0.363 e. The summed E-state index contributed by atoms with van der Waals surface area (Å²) in [6, 6.07) is 17.6. The molecule has 4 rings (SSSR count). The molecular formula is C25H22N4O5S. The van der Waals surface area contributed by atoms with Crippen LogP contribution in [0.2, 0.25) is 0 Å². The van der Waals surface area contributed by atoms with E-state index >= 15 is 0 Å². The van der Waals surface area contributed by atoms with Gasteiger partial charge in [-0.3, -0.25) is 9.59 Å². The standard InChI is InChI=1S/C25H22N4O5S/c1-16-12-20(30)24(28-29(16)18-8-4-3-5-9-18)25(32)34-14-17-15-35-23(26-17)13-22(31)27-19-10-6-7-11-21(19)33-2/h3-12,15H,13-14H2,1-2H3,(H,27,31). The normalized spacial score (nSPS) is 10.6. The summed E-state index contributed by atoms with van der Waals surface area (Å²) in [5, 5.41) is 9.25. The van der Waals surface area contributed by atoms with Crippen molar-refractivity contribution in [3.05, 3.63) is 98.4 Å². The van der Waals surface area contributed by atoms with Crippen LogP contribution in [-0.2, 0) is 22.6 Å². The van der Waals surface area contributed by atoms with Gasteiger partial charge in [-0.05, 0) is 31.2 Å². The number of nitrogens with zero attached hydrogens (tertiary/aromatic N) is 3. The molecule has 0 spiro atoms. The molecule has 1 amide bonds. The molecule has 2 aromatic heterocycles. The van der Waals surface area contributed by atoms with Gasteiger partial charge in [0.25, 0.3) is 0 Å². The van der Waals surface area contributed by atoms with Gasteiger partial charge in [0.15, 0.2) is 0 Å². The minimum atomic E-state index is -0.844. The Hall–Kier alpha value is -4.31. The predicted molar refractivity (Wildman–Crippen MR) is 131 cm³/mol. The Morgan fingerprint density at radius 3 is 2.60 bits per heavy atom. The van der Waals surface area contributed by atoms with E-state index in [2.05, 4.69) is 15.4 Å². The highest BCUT2D eigenvalue weighted by Gasteiger charge is 2.18. The molecule has 0 aliphatic rings. The fraction of sp³-hybridized carbons (Fsp3) is 0.160. The molecule has 0 unspecified atom stereocenters. The van der Waals surface area contributed by atoms with Crippen molar-refractivity contribution < 1.29 is 19.1 Å². The number of anilines is 1. The summed E-state index contributed by atoms with van der Waals surface area (Å²) in [6.07, 6.45) is 0.0535. The number of aryl methyl sites for hydroxylation is 1. The van der Waals surface area contributed by atoms with Crippen LogP contribution in [0.3, 0.4) is 0 Å². The van der Waals surface area contributed by atoms with Crippen LogP contribution in [0.1, 0.15) is 26.9 Å². The van der Waals surface area contributed by atoms with Gasteiger partial charge in [-0.2, -0.15) is 5.10 Å². The largest absolute Gasteiger partial charge is 0.495 e. The Bertz CT molecular complexity index is 1410. The molecule has 0 fully saturated rings. The molecule has 2 heterocycles. The Kier molecular flexibility index (Phi) is 7.32. The van der Waals surface area contributed by atoms with Crippen LogP contribution in [-0.4, -0.2) is 33.8 Å². The number of methoxy groups -OCH3 is 1. The number of esters is 1. The van der Waals surface area contributed by atoms with Crippen molar-refractivity contribution in [2.24, 2.45) is 0 Å². The van der Waals surface area contributed by atoms with E-state index in [1.165, 1.54) is 29.2 Å². The third-order valence-corrected chi connectivity index (χ3v) is 5.84. The van der Waals surface area contributed by atoms with Crippen LogP contribution in [0, 0.1) is 6.92 Å². The van der Waals surface area contributed by atoms with E-state index in [9.17, 15) is 14.4 Å². The van der Waals surface area contributed by atoms with Crippen molar-refractivity contribution >= 4 is 28.9 Å². The maximum atomic E-state index is 12.6. The molecule has 2 aromatic carbocycles. The first kappa shape index (κ1) is 23.8. The zero-order chi connectivity index (χ0) is 24.8. The summed E-state index contributed by atoms with van der Waals surface area (Å²) in [7, 11) is 1.53. The van der Waals surface area contributed by atoms with Crippen molar-refractivity contribution in [1.82, 2.24) is 14.8 Å². The third-order valence-electron chi connectivity index (χ3n) is 4.94. The van der Waals surface area contributed by atoms with Crippen molar-refractivity contribution in [3.8, 4) is 11.4 Å². The quantitative estimate of drug-likeness (QED) is 0.376. The number of carbonyl (C=O) groups is 2. The van der Waals surface area contributed by atoms with Crippen molar-refractivity contribution in [1.29, 1.82) is 0 Å². The molecule has 4 aromatic rings. The summed E-state index contributed by atoms with van der Waals surface area (Å²) >= 11 is 1.27. The highest BCUT2D eigenvalue weighted by Crippen LogP contribution is 2.23. The lowest BCUT2D eigenvalue weighted by Gasteiger charge is -2.10. The lowest BCUT2D eigenvalue weighted by Crippen LogP contribution is -2.24. The Balaban J connectivity index is 1.39.